The molecule has 0 aliphatic heterocycles. The Morgan fingerprint density at radius 1 is 1.25 bits per heavy atom. The SMILES string of the molecule is CNCCCNC(=O)N[C@@H](C(=O)O)C(C)C. The molecule has 0 aromatic rings. The van der Waals surface area contributed by atoms with Gasteiger partial charge in [0.1, 0.15) is 6.04 Å². The average molecular weight is 231 g/mol. The van der Waals surface area contributed by atoms with Crippen LogP contribution in [0.3, 0.4) is 0 Å². The number of hydrogen-bond acceptors (Lipinski definition) is 3. The summed E-state index contributed by atoms with van der Waals surface area (Å²) in [7, 11) is 1.83. The van der Waals surface area contributed by atoms with E-state index >= 15 is 0 Å². The second-order valence-corrected chi connectivity index (χ2v) is 3.92. The molecule has 0 radical (unpaired) electrons. The van der Waals surface area contributed by atoms with E-state index in [0.717, 1.165) is 13.0 Å². The average Bonchev–Trinajstić information content (AvgIpc) is 2.20. The van der Waals surface area contributed by atoms with Gasteiger partial charge in [0.15, 0.2) is 0 Å². The molecule has 0 heterocycles. The van der Waals surface area contributed by atoms with E-state index in [1.807, 2.05) is 7.05 Å². The summed E-state index contributed by atoms with van der Waals surface area (Å²) in [4.78, 5) is 22.1. The molecule has 4 N–H and O–H groups in total. The molecule has 0 bridgehead atoms. The second kappa shape index (κ2) is 7.92. The lowest BCUT2D eigenvalue weighted by molar-refractivity contribution is -0.140. The Hall–Kier alpha value is -1.30. The van der Waals surface area contributed by atoms with Gasteiger partial charge in [-0.3, -0.25) is 0 Å². The molecular formula is C10H21N3O3. The van der Waals surface area contributed by atoms with E-state index < -0.39 is 18.0 Å². The smallest absolute Gasteiger partial charge is 0.326 e. The maximum absolute atomic E-state index is 11.3. The molecule has 0 aliphatic carbocycles. The number of urea groups is 1. The lowest BCUT2D eigenvalue weighted by Crippen LogP contribution is -2.48. The maximum Gasteiger partial charge on any atom is 0.326 e. The number of aliphatic carboxylic acids is 1. The second-order valence-electron chi connectivity index (χ2n) is 3.92. The van der Waals surface area contributed by atoms with Gasteiger partial charge in [-0.15, -0.1) is 0 Å². The highest BCUT2D eigenvalue weighted by Crippen LogP contribution is 2.00. The van der Waals surface area contributed by atoms with Gasteiger partial charge in [0.2, 0.25) is 0 Å². The number of carbonyl (C=O) groups is 2. The molecule has 6 heteroatoms. The Labute approximate surface area is 95.8 Å². The summed E-state index contributed by atoms with van der Waals surface area (Å²) in [5, 5.41) is 16.8. The standard InChI is InChI=1S/C10H21N3O3/c1-7(2)8(9(14)15)13-10(16)12-6-4-5-11-3/h7-8,11H,4-6H2,1-3H3,(H,14,15)(H2,12,13,16)/t8-/m1/s1. The minimum absolute atomic E-state index is 0.138. The van der Waals surface area contributed by atoms with Crippen LogP contribution in [0.25, 0.3) is 0 Å². The van der Waals surface area contributed by atoms with Crippen molar-refractivity contribution in [1.82, 2.24) is 16.0 Å². The van der Waals surface area contributed by atoms with E-state index in [0.29, 0.717) is 6.54 Å². The summed E-state index contributed by atoms with van der Waals surface area (Å²) in [5.41, 5.74) is 0. The lowest BCUT2D eigenvalue weighted by atomic mass is 10.1. The van der Waals surface area contributed by atoms with Crippen molar-refractivity contribution < 1.29 is 14.7 Å². The van der Waals surface area contributed by atoms with Crippen molar-refractivity contribution >= 4 is 12.0 Å². The largest absolute Gasteiger partial charge is 0.480 e. The van der Waals surface area contributed by atoms with Crippen molar-refractivity contribution in [3.05, 3.63) is 0 Å². The van der Waals surface area contributed by atoms with Crippen LogP contribution in [0.1, 0.15) is 20.3 Å². The Morgan fingerprint density at radius 2 is 1.88 bits per heavy atom. The summed E-state index contributed by atoms with van der Waals surface area (Å²) < 4.78 is 0. The van der Waals surface area contributed by atoms with E-state index in [1.165, 1.54) is 0 Å². The molecule has 0 rings (SSSR count). The molecular weight excluding hydrogens is 210 g/mol. The molecule has 0 aromatic carbocycles. The molecule has 6 nitrogen and oxygen atoms in total. The first-order valence-electron chi connectivity index (χ1n) is 5.40. The number of hydrogen-bond donors (Lipinski definition) is 4. The predicted molar refractivity (Wildman–Crippen MR) is 61.3 cm³/mol. The summed E-state index contributed by atoms with van der Waals surface area (Å²) >= 11 is 0. The van der Waals surface area contributed by atoms with Crippen molar-refractivity contribution in [1.29, 1.82) is 0 Å². The van der Waals surface area contributed by atoms with Crippen molar-refractivity contribution in [3.8, 4) is 0 Å². The third-order valence-corrected chi connectivity index (χ3v) is 2.11. The first-order chi connectivity index (χ1) is 7.49. The van der Waals surface area contributed by atoms with Crippen LogP contribution in [0.4, 0.5) is 4.79 Å². The van der Waals surface area contributed by atoms with Gasteiger partial charge in [-0.1, -0.05) is 13.8 Å². The van der Waals surface area contributed by atoms with Gasteiger partial charge in [0.25, 0.3) is 0 Å². The van der Waals surface area contributed by atoms with Gasteiger partial charge >= 0.3 is 12.0 Å². The molecule has 1 atom stereocenters. The Bertz CT molecular complexity index is 231. The van der Waals surface area contributed by atoms with Crippen molar-refractivity contribution in [2.45, 2.75) is 26.3 Å². The zero-order chi connectivity index (χ0) is 12.6. The van der Waals surface area contributed by atoms with Crippen LogP contribution in [0, 0.1) is 5.92 Å². The fraction of sp³-hybridized carbons (Fsp3) is 0.800. The van der Waals surface area contributed by atoms with Crippen molar-refractivity contribution in [3.63, 3.8) is 0 Å². The highest BCUT2D eigenvalue weighted by Gasteiger charge is 2.22. The summed E-state index contributed by atoms with van der Waals surface area (Å²) in [6, 6.07) is -1.28. The number of carboxylic acids is 1. The van der Waals surface area contributed by atoms with E-state index in [-0.39, 0.29) is 5.92 Å². The number of carbonyl (C=O) groups excluding carboxylic acids is 1. The Kier molecular flexibility index (Phi) is 7.28. The van der Waals surface area contributed by atoms with Crippen LogP contribution in [-0.2, 0) is 4.79 Å². The fourth-order valence-electron chi connectivity index (χ4n) is 1.17. The zero-order valence-corrected chi connectivity index (χ0v) is 10.0. The monoisotopic (exact) mass is 231 g/mol. The van der Waals surface area contributed by atoms with E-state index in [1.54, 1.807) is 13.8 Å². The molecule has 0 aliphatic rings. The zero-order valence-electron chi connectivity index (χ0n) is 10.0. The van der Waals surface area contributed by atoms with Gasteiger partial charge in [0, 0.05) is 6.54 Å². The minimum atomic E-state index is -1.01. The first-order valence-corrected chi connectivity index (χ1v) is 5.40. The quantitative estimate of drug-likeness (QED) is 0.464. The maximum atomic E-state index is 11.3. The van der Waals surface area contributed by atoms with Crippen LogP contribution in [-0.4, -0.2) is 43.3 Å². The topological polar surface area (TPSA) is 90.5 Å². The predicted octanol–water partition coefficient (Wildman–Crippen LogP) is 0.00430. The number of carboxylic acid groups (broad SMARTS) is 1. The van der Waals surface area contributed by atoms with Crippen LogP contribution in [0.2, 0.25) is 0 Å². The summed E-state index contributed by atoms with van der Waals surface area (Å²) in [6.45, 7) is 4.84. The van der Waals surface area contributed by atoms with Crippen molar-refractivity contribution in [2.24, 2.45) is 5.92 Å². The molecule has 0 unspecified atom stereocenters. The molecule has 0 saturated heterocycles. The third-order valence-electron chi connectivity index (χ3n) is 2.11. The number of rotatable bonds is 7. The van der Waals surface area contributed by atoms with Crippen LogP contribution >= 0.6 is 0 Å². The first kappa shape index (κ1) is 14.7. The van der Waals surface area contributed by atoms with Gasteiger partial charge in [-0.25, -0.2) is 9.59 Å². The molecule has 0 aromatic heterocycles. The van der Waals surface area contributed by atoms with Gasteiger partial charge in [-0.05, 0) is 25.9 Å². The number of nitrogens with one attached hydrogen (secondary N) is 3. The molecule has 94 valence electrons. The lowest BCUT2D eigenvalue weighted by Gasteiger charge is -2.18. The molecule has 0 fully saturated rings. The van der Waals surface area contributed by atoms with Crippen LogP contribution < -0.4 is 16.0 Å². The highest BCUT2D eigenvalue weighted by atomic mass is 16.4. The normalized spacial score (nSPS) is 12.2. The minimum Gasteiger partial charge on any atom is -0.480 e. The Morgan fingerprint density at radius 3 is 2.31 bits per heavy atom. The molecule has 0 saturated carbocycles. The fourth-order valence-corrected chi connectivity index (χ4v) is 1.17. The summed E-state index contributed by atoms with van der Waals surface area (Å²) in [5.74, 6) is -1.15. The molecule has 2 amide bonds. The van der Waals surface area contributed by atoms with Gasteiger partial charge in [0.05, 0.1) is 0 Å². The van der Waals surface area contributed by atoms with Gasteiger partial charge in [-0.2, -0.15) is 0 Å². The highest BCUT2D eigenvalue weighted by molar-refractivity contribution is 5.82. The number of amides is 2. The van der Waals surface area contributed by atoms with Gasteiger partial charge < -0.3 is 21.1 Å². The summed E-state index contributed by atoms with van der Waals surface area (Å²) in [6.07, 6.45) is 0.809. The van der Waals surface area contributed by atoms with Crippen LogP contribution in [0.15, 0.2) is 0 Å². The third kappa shape index (κ3) is 6.23. The van der Waals surface area contributed by atoms with E-state index in [9.17, 15) is 9.59 Å². The van der Waals surface area contributed by atoms with E-state index in [4.69, 9.17) is 5.11 Å². The van der Waals surface area contributed by atoms with Crippen LogP contribution in [0.5, 0.6) is 0 Å². The molecule has 0 spiro atoms. The Balaban J connectivity index is 3.87. The van der Waals surface area contributed by atoms with E-state index in [2.05, 4.69) is 16.0 Å². The van der Waals surface area contributed by atoms with Crippen molar-refractivity contribution in [2.75, 3.05) is 20.1 Å². The molecule has 16 heavy (non-hydrogen) atoms.